The number of carbonyl (C=O) groups is 3. The molecule has 0 heterocycles. The lowest BCUT2D eigenvalue weighted by molar-refractivity contribution is -0.120. The van der Waals surface area contributed by atoms with E-state index in [1.165, 1.54) is 0 Å². The third-order valence-corrected chi connectivity index (χ3v) is 4.51. The molecule has 2 aromatic rings. The number of urea groups is 1. The highest BCUT2D eigenvalue weighted by molar-refractivity contribution is 5.94. The molecule has 8 nitrogen and oxygen atoms in total. The summed E-state index contributed by atoms with van der Waals surface area (Å²) in [5.74, 6) is -0.174. The molecule has 2 aromatic carbocycles. The maximum Gasteiger partial charge on any atom is 0.319 e. The number of hydrogen-bond acceptors (Lipinski definition) is 4. The Balaban J connectivity index is 1.81. The summed E-state index contributed by atoms with van der Waals surface area (Å²) in [5.41, 5.74) is 2.88. The number of nitrogens with one attached hydrogen (secondary N) is 4. The first-order chi connectivity index (χ1) is 15.2. The van der Waals surface area contributed by atoms with E-state index in [1.54, 1.807) is 30.3 Å². The Morgan fingerprint density at radius 1 is 0.938 bits per heavy atom. The molecular weight excluding hydrogens is 406 g/mol. The topological polar surface area (TPSA) is 103 Å². The number of nitrogens with zero attached hydrogens (tertiary/aromatic N) is 1. The number of amides is 4. The lowest BCUT2D eigenvalue weighted by Gasteiger charge is -2.12. The maximum atomic E-state index is 12.3. The molecule has 8 heteroatoms. The van der Waals surface area contributed by atoms with Gasteiger partial charge in [0.2, 0.25) is 5.91 Å². The first-order valence-electron chi connectivity index (χ1n) is 10.7. The molecule has 0 aliphatic rings. The second-order valence-electron chi connectivity index (χ2n) is 8.16. The molecule has 0 unspecified atom stereocenters. The van der Waals surface area contributed by atoms with Gasteiger partial charge in [-0.3, -0.25) is 9.59 Å². The van der Waals surface area contributed by atoms with Crippen molar-refractivity contribution in [1.82, 2.24) is 20.9 Å². The van der Waals surface area contributed by atoms with Gasteiger partial charge in [-0.1, -0.05) is 24.3 Å². The van der Waals surface area contributed by atoms with Crippen LogP contribution in [0, 0.1) is 0 Å². The highest BCUT2D eigenvalue weighted by Gasteiger charge is 2.08. The van der Waals surface area contributed by atoms with Crippen molar-refractivity contribution in [1.29, 1.82) is 0 Å². The third-order valence-electron chi connectivity index (χ3n) is 4.51. The van der Waals surface area contributed by atoms with Crippen LogP contribution in [-0.4, -0.2) is 56.0 Å². The Morgan fingerprint density at radius 2 is 1.66 bits per heavy atom. The van der Waals surface area contributed by atoms with Gasteiger partial charge >= 0.3 is 6.03 Å². The van der Waals surface area contributed by atoms with Crippen molar-refractivity contribution in [2.45, 2.75) is 32.9 Å². The zero-order valence-electron chi connectivity index (χ0n) is 19.2. The van der Waals surface area contributed by atoms with Crippen LogP contribution >= 0.6 is 0 Å². The second-order valence-corrected chi connectivity index (χ2v) is 8.16. The van der Waals surface area contributed by atoms with E-state index in [1.807, 2.05) is 51.0 Å². The molecule has 0 aromatic heterocycles. The Labute approximate surface area is 189 Å². The predicted octanol–water partition coefficient (Wildman–Crippen LogP) is 2.37. The maximum absolute atomic E-state index is 12.3. The Bertz CT molecular complexity index is 910. The molecule has 0 saturated heterocycles. The van der Waals surface area contributed by atoms with Gasteiger partial charge in [-0.15, -0.1) is 0 Å². The molecule has 0 aliphatic carbocycles. The fraction of sp³-hybridized carbons (Fsp3) is 0.375. The quantitative estimate of drug-likeness (QED) is 0.456. The SMILES string of the molecule is CC(C)NC(=O)Cc1ccc(NC(=O)NCc2cccc(C(=O)NCCN(C)C)c2)cc1. The number of hydrogen-bond donors (Lipinski definition) is 4. The van der Waals surface area contributed by atoms with Crippen LogP contribution in [0.15, 0.2) is 48.5 Å². The smallest absolute Gasteiger partial charge is 0.319 e. The van der Waals surface area contributed by atoms with Crippen LogP contribution in [0.3, 0.4) is 0 Å². The van der Waals surface area contributed by atoms with Gasteiger partial charge in [0.05, 0.1) is 6.42 Å². The van der Waals surface area contributed by atoms with E-state index in [4.69, 9.17) is 0 Å². The van der Waals surface area contributed by atoms with E-state index >= 15 is 0 Å². The van der Waals surface area contributed by atoms with Gasteiger partial charge in [-0.05, 0) is 63.3 Å². The van der Waals surface area contributed by atoms with Crippen molar-refractivity contribution >= 4 is 23.5 Å². The molecular formula is C24H33N5O3. The highest BCUT2D eigenvalue weighted by Crippen LogP contribution is 2.11. The minimum atomic E-state index is -0.351. The van der Waals surface area contributed by atoms with E-state index in [0.717, 1.165) is 17.7 Å². The van der Waals surface area contributed by atoms with Crippen molar-refractivity contribution in [3.8, 4) is 0 Å². The van der Waals surface area contributed by atoms with Crippen LogP contribution in [0.2, 0.25) is 0 Å². The normalized spacial score (nSPS) is 10.7. The van der Waals surface area contributed by atoms with Gasteiger partial charge in [-0.2, -0.15) is 0 Å². The van der Waals surface area contributed by atoms with Crippen molar-refractivity contribution in [3.63, 3.8) is 0 Å². The van der Waals surface area contributed by atoms with Crippen LogP contribution in [0.5, 0.6) is 0 Å². The second kappa shape index (κ2) is 12.5. The average molecular weight is 440 g/mol. The van der Waals surface area contributed by atoms with Gasteiger partial charge in [0.15, 0.2) is 0 Å². The molecule has 0 fully saturated rings. The molecule has 0 radical (unpaired) electrons. The monoisotopic (exact) mass is 439 g/mol. The number of carbonyl (C=O) groups excluding carboxylic acids is 3. The molecule has 0 bridgehead atoms. The highest BCUT2D eigenvalue weighted by atomic mass is 16.2. The summed E-state index contributed by atoms with van der Waals surface area (Å²) < 4.78 is 0. The van der Waals surface area contributed by atoms with Crippen LogP contribution in [-0.2, 0) is 17.8 Å². The molecule has 4 amide bonds. The van der Waals surface area contributed by atoms with Crippen molar-refractivity contribution < 1.29 is 14.4 Å². The summed E-state index contributed by atoms with van der Waals surface area (Å²) in [6, 6.07) is 14.1. The van der Waals surface area contributed by atoms with Crippen LogP contribution in [0.1, 0.15) is 35.3 Å². The first kappa shape index (κ1) is 24.9. The molecule has 0 saturated carbocycles. The van der Waals surface area contributed by atoms with E-state index < -0.39 is 0 Å². The number of rotatable bonds is 10. The molecule has 0 aliphatic heterocycles. The van der Waals surface area contributed by atoms with E-state index in [-0.39, 0.29) is 30.4 Å². The van der Waals surface area contributed by atoms with Crippen LogP contribution in [0.4, 0.5) is 10.5 Å². The molecule has 0 atom stereocenters. The van der Waals surface area contributed by atoms with Gasteiger partial charge in [0, 0.05) is 36.9 Å². The van der Waals surface area contributed by atoms with Crippen LogP contribution < -0.4 is 21.3 Å². The molecule has 172 valence electrons. The fourth-order valence-electron chi connectivity index (χ4n) is 2.94. The van der Waals surface area contributed by atoms with Crippen LogP contribution in [0.25, 0.3) is 0 Å². The Kier molecular flexibility index (Phi) is 9.69. The predicted molar refractivity (Wildman–Crippen MR) is 127 cm³/mol. The summed E-state index contributed by atoms with van der Waals surface area (Å²) in [5, 5.41) is 11.3. The zero-order chi connectivity index (χ0) is 23.5. The molecule has 2 rings (SSSR count). The number of likely N-dealkylation sites (N-methyl/N-ethyl adjacent to an activating group) is 1. The summed E-state index contributed by atoms with van der Waals surface area (Å²) in [6.45, 7) is 5.46. The van der Waals surface area contributed by atoms with Gasteiger partial charge in [0.1, 0.15) is 0 Å². The minimum Gasteiger partial charge on any atom is -0.354 e. The Hall–Kier alpha value is -3.39. The summed E-state index contributed by atoms with van der Waals surface area (Å²) in [6.07, 6.45) is 0.295. The summed E-state index contributed by atoms with van der Waals surface area (Å²) in [4.78, 5) is 38.3. The summed E-state index contributed by atoms with van der Waals surface area (Å²) >= 11 is 0. The van der Waals surface area contributed by atoms with E-state index in [2.05, 4.69) is 21.3 Å². The lowest BCUT2D eigenvalue weighted by atomic mass is 10.1. The molecule has 0 spiro atoms. The van der Waals surface area contributed by atoms with Gasteiger partial charge < -0.3 is 26.2 Å². The van der Waals surface area contributed by atoms with Crippen molar-refractivity contribution in [2.75, 3.05) is 32.5 Å². The molecule has 4 N–H and O–H groups in total. The van der Waals surface area contributed by atoms with Crippen molar-refractivity contribution in [2.24, 2.45) is 0 Å². The molecule has 32 heavy (non-hydrogen) atoms. The number of benzene rings is 2. The summed E-state index contributed by atoms with van der Waals surface area (Å²) in [7, 11) is 3.90. The lowest BCUT2D eigenvalue weighted by Crippen LogP contribution is -2.31. The number of anilines is 1. The third kappa shape index (κ3) is 9.18. The zero-order valence-corrected chi connectivity index (χ0v) is 19.2. The van der Waals surface area contributed by atoms with E-state index in [9.17, 15) is 14.4 Å². The first-order valence-corrected chi connectivity index (χ1v) is 10.7. The Morgan fingerprint density at radius 3 is 2.31 bits per heavy atom. The van der Waals surface area contributed by atoms with E-state index in [0.29, 0.717) is 24.2 Å². The van der Waals surface area contributed by atoms with Gasteiger partial charge in [-0.25, -0.2) is 4.79 Å². The van der Waals surface area contributed by atoms with Gasteiger partial charge in [0.25, 0.3) is 5.91 Å². The average Bonchev–Trinajstić information content (AvgIpc) is 2.73. The largest absolute Gasteiger partial charge is 0.354 e. The van der Waals surface area contributed by atoms with Crippen molar-refractivity contribution in [3.05, 3.63) is 65.2 Å². The fourth-order valence-corrected chi connectivity index (χ4v) is 2.94. The standard InChI is InChI=1S/C24H33N5O3/c1-17(2)27-22(30)15-18-8-10-21(11-9-18)28-24(32)26-16-19-6-5-7-20(14-19)23(31)25-12-13-29(3)4/h5-11,14,17H,12-13,15-16H2,1-4H3,(H,25,31)(H,27,30)(H2,26,28,32). The minimum absolute atomic E-state index is 0.0351.